The lowest BCUT2D eigenvalue weighted by atomic mass is 9.97. The third-order valence-electron chi connectivity index (χ3n) is 15.4. The number of unbranched alkanes of at least 4 members (excludes halogenated alkanes) is 30. The molecule has 79 heavy (non-hydrogen) atoms. The predicted molar refractivity (Wildman–Crippen MR) is 318 cm³/mol. The van der Waals surface area contributed by atoms with Crippen LogP contribution in [0.1, 0.15) is 251 Å². The van der Waals surface area contributed by atoms with Crippen LogP contribution in [0.25, 0.3) is 0 Å². The van der Waals surface area contributed by atoms with Crippen molar-refractivity contribution in [2.75, 3.05) is 19.8 Å². The van der Waals surface area contributed by atoms with Gasteiger partial charge < -0.3 is 65.1 Å². The van der Waals surface area contributed by atoms with Gasteiger partial charge in [0.15, 0.2) is 12.6 Å². The molecule has 2 fully saturated rings. The Labute approximate surface area is 479 Å². The van der Waals surface area contributed by atoms with Crippen molar-refractivity contribution in [3.05, 3.63) is 60.8 Å². The molecule has 2 aliphatic rings. The second-order valence-electron chi connectivity index (χ2n) is 22.5. The highest BCUT2D eigenvalue weighted by Gasteiger charge is 2.51. The van der Waals surface area contributed by atoms with Gasteiger partial charge in [-0.2, -0.15) is 0 Å². The van der Waals surface area contributed by atoms with Gasteiger partial charge in [0, 0.05) is 6.42 Å². The van der Waals surface area contributed by atoms with Gasteiger partial charge in [0.05, 0.1) is 32.0 Å². The number of carbonyl (C=O) groups excluding carboxylic acids is 1. The smallest absolute Gasteiger partial charge is 0.220 e. The topological polar surface area (TPSA) is 228 Å². The minimum Gasteiger partial charge on any atom is -0.394 e. The normalized spacial score (nSPS) is 24.8. The molecule has 0 spiro atoms. The predicted octanol–water partition coefficient (Wildman–Crippen LogP) is 11.7. The van der Waals surface area contributed by atoms with Crippen molar-refractivity contribution in [3.8, 4) is 0 Å². The van der Waals surface area contributed by atoms with E-state index in [-0.39, 0.29) is 18.9 Å². The number of ether oxygens (including phenoxy) is 4. The average molecular weight is 1120 g/mol. The molecule has 0 aromatic rings. The molecule has 0 radical (unpaired) electrons. The zero-order valence-electron chi connectivity index (χ0n) is 49.6. The quantitative estimate of drug-likeness (QED) is 0.0204. The largest absolute Gasteiger partial charge is 0.394 e. The molecule has 1 amide bonds. The van der Waals surface area contributed by atoms with Crippen molar-refractivity contribution >= 4 is 5.91 Å². The van der Waals surface area contributed by atoms with Crippen LogP contribution in [0, 0.1) is 0 Å². The van der Waals surface area contributed by atoms with E-state index in [0.717, 1.165) is 51.4 Å². The van der Waals surface area contributed by atoms with Crippen LogP contribution in [-0.2, 0) is 23.7 Å². The molecule has 0 bridgehead atoms. The lowest BCUT2D eigenvalue weighted by Gasteiger charge is -2.46. The first kappa shape index (κ1) is 72.8. The molecule has 2 heterocycles. The van der Waals surface area contributed by atoms with Gasteiger partial charge in [-0.15, -0.1) is 0 Å². The minimum atomic E-state index is -1.79. The number of aliphatic hydroxyl groups excluding tert-OH is 8. The summed E-state index contributed by atoms with van der Waals surface area (Å²) in [5.74, 6) is -0.255. The molecule has 2 rings (SSSR count). The number of aliphatic hydroxyl groups is 8. The highest BCUT2D eigenvalue weighted by molar-refractivity contribution is 5.76. The van der Waals surface area contributed by atoms with E-state index in [1.165, 1.54) is 167 Å². The van der Waals surface area contributed by atoms with Crippen LogP contribution in [0.4, 0.5) is 0 Å². The van der Waals surface area contributed by atoms with E-state index in [2.05, 4.69) is 67.8 Å². The number of hydrogen-bond acceptors (Lipinski definition) is 13. The molecular formula is C65H117NO13. The molecular weight excluding hydrogens is 1000 g/mol. The van der Waals surface area contributed by atoms with Crippen molar-refractivity contribution < 1.29 is 64.6 Å². The number of carbonyl (C=O) groups is 1. The molecule has 0 aromatic heterocycles. The monoisotopic (exact) mass is 1120 g/mol. The van der Waals surface area contributed by atoms with E-state index >= 15 is 0 Å². The zero-order valence-corrected chi connectivity index (χ0v) is 49.6. The molecule has 12 atom stereocenters. The van der Waals surface area contributed by atoms with Crippen molar-refractivity contribution in [2.45, 2.75) is 325 Å². The van der Waals surface area contributed by atoms with Crippen LogP contribution >= 0.6 is 0 Å². The standard InChI is InChI=1S/C65H117NO13/c1-3-5-7-9-11-13-15-17-19-21-23-25-27-29-31-33-35-37-39-41-43-45-47-49-57(70)66-53(52-76-64-62(75)60(73)63(56(51-68)78-64)79-65-61(74)59(72)58(71)55(50-67)77-65)54(69)48-46-44-42-40-38-36-34-32-30-28-26-24-22-20-18-16-14-12-10-8-6-4-2/h15,17,21,23,30,32,38,40,46,48,53-56,58-65,67-69,71-75H,3-14,16,18-20,22,24-29,31,33-37,39,41-45,47,49-52H2,1-2H3,(H,66,70)/b17-15-,23-21-,32-30+,40-38+,48-46+. The first-order chi connectivity index (χ1) is 38.6. The van der Waals surface area contributed by atoms with Crippen LogP contribution in [0.3, 0.4) is 0 Å². The molecule has 0 saturated carbocycles. The van der Waals surface area contributed by atoms with Gasteiger partial charge in [0.1, 0.15) is 48.8 Å². The summed E-state index contributed by atoms with van der Waals surface area (Å²) in [6.45, 7) is 2.78. The summed E-state index contributed by atoms with van der Waals surface area (Å²) in [7, 11) is 0. The number of allylic oxidation sites excluding steroid dienone is 9. The molecule has 0 aromatic carbocycles. The van der Waals surface area contributed by atoms with Gasteiger partial charge in [-0.25, -0.2) is 0 Å². The summed E-state index contributed by atoms with van der Waals surface area (Å²) >= 11 is 0. The number of nitrogens with one attached hydrogen (secondary N) is 1. The van der Waals surface area contributed by atoms with E-state index in [1.807, 2.05) is 6.08 Å². The molecule has 14 heteroatoms. The third-order valence-corrected chi connectivity index (χ3v) is 15.4. The third kappa shape index (κ3) is 35.4. The van der Waals surface area contributed by atoms with Crippen molar-refractivity contribution in [1.82, 2.24) is 5.32 Å². The minimum absolute atomic E-state index is 0.255. The van der Waals surface area contributed by atoms with Crippen LogP contribution < -0.4 is 5.32 Å². The van der Waals surface area contributed by atoms with Gasteiger partial charge in [0.25, 0.3) is 0 Å². The van der Waals surface area contributed by atoms with Gasteiger partial charge in [-0.1, -0.05) is 229 Å². The van der Waals surface area contributed by atoms with Crippen LogP contribution in [0.15, 0.2) is 60.8 Å². The molecule has 2 saturated heterocycles. The van der Waals surface area contributed by atoms with Crippen LogP contribution in [0.2, 0.25) is 0 Å². The molecule has 14 nitrogen and oxygen atoms in total. The molecule has 2 aliphatic heterocycles. The van der Waals surface area contributed by atoms with Gasteiger partial charge in [-0.05, 0) is 77.0 Å². The first-order valence-electron chi connectivity index (χ1n) is 32.0. The fraction of sp³-hybridized carbons (Fsp3) is 0.831. The molecule has 460 valence electrons. The Balaban J connectivity index is 1.76. The van der Waals surface area contributed by atoms with E-state index in [9.17, 15) is 45.6 Å². The lowest BCUT2D eigenvalue weighted by Crippen LogP contribution is -2.65. The lowest BCUT2D eigenvalue weighted by molar-refractivity contribution is -0.359. The zero-order chi connectivity index (χ0) is 57.4. The maximum Gasteiger partial charge on any atom is 0.220 e. The SMILES string of the molecule is CCCCCCC/C=C\C/C=C\CCCCCCCCCCCCCC(=O)NC(COC1OC(CO)C(OC2OC(CO)C(O)C(O)C2O)C(O)C1O)C(O)/C=C/CC/C=C/CC/C=C/CCCCCCCCCCCCCC. The highest BCUT2D eigenvalue weighted by atomic mass is 16.7. The number of hydrogen-bond donors (Lipinski definition) is 9. The Bertz CT molecular complexity index is 1560. The second kappa shape index (κ2) is 50.2. The fourth-order valence-corrected chi connectivity index (χ4v) is 10.2. The fourth-order valence-electron chi connectivity index (χ4n) is 10.2. The summed E-state index contributed by atoms with van der Waals surface area (Å²) in [6.07, 6.45) is 48.3. The molecule has 9 N–H and O–H groups in total. The highest BCUT2D eigenvalue weighted by Crippen LogP contribution is 2.30. The van der Waals surface area contributed by atoms with Crippen molar-refractivity contribution in [1.29, 1.82) is 0 Å². The van der Waals surface area contributed by atoms with Crippen LogP contribution in [0.5, 0.6) is 0 Å². The Hall–Kier alpha value is -2.31. The average Bonchev–Trinajstić information content (AvgIpc) is 3.47. The summed E-state index contributed by atoms with van der Waals surface area (Å²) in [5.41, 5.74) is 0. The van der Waals surface area contributed by atoms with Gasteiger partial charge in [0.2, 0.25) is 5.91 Å². The van der Waals surface area contributed by atoms with Crippen LogP contribution in [-0.4, -0.2) is 140 Å². The first-order valence-corrected chi connectivity index (χ1v) is 32.0. The maximum atomic E-state index is 13.3. The summed E-state index contributed by atoms with van der Waals surface area (Å²) < 4.78 is 22.8. The van der Waals surface area contributed by atoms with Crippen molar-refractivity contribution in [2.24, 2.45) is 0 Å². The van der Waals surface area contributed by atoms with E-state index in [0.29, 0.717) is 12.8 Å². The number of amides is 1. The molecule has 0 aliphatic carbocycles. The maximum absolute atomic E-state index is 13.3. The Morgan fingerprint density at radius 3 is 1.32 bits per heavy atom. The summed E-state index contributed by atoms with van der Waals surface area (Å²) in [5, 5.41) is 87.2. The van der Waals surface area contributed by atoms with E-state index in [4.69, 9.17) is 18.9 Å². The Morgan fingerprint density at radius 2 is 0.848 bits per heavy atom. The van der Waals surface area contributed by atoms with Crippen molar-refractivity contribution in [3.63, 3.8) is 0 Å². The Kier molecular flexibility index (Phi) is 46.3. The van der Waals surface area contributed by atoms with Gasteiger partial charge in [-0.3, -0.25) is 4.79 Å². The summed E-state index contributed by atoms with van der Waals surface area (Å²) in [4.78, 5) is 13.3. The Morgan fingerprint density at radius 1 is 0.456 bits per heavy atom. The molecule has 12 unspecified atom stereocenters. The van der Waals surface area contributed by atoms with E-state index < -0.39 is 86.8 Å². The van der Waals surface area contributed by atoms with E-state index in [1.54, 1.807) is 6.08 Å². The van der Waals surface area contributed by atoms with Gasteiger partial charge >= 0.3 is 0 Å². The summed E-state index contributed by atoms with van der Waals surface area (Å²) in [6, 6.07) is -0.942. The number of rotatable bonds is 51. The second-order valence-corrected chi connectivity index (χ2v) is 22.5.